The monoisotopic (exact) mass is 380 g/mol. The lowest BCUT2D eigenvalue weighted by Gasteiger charge is -2.26. The Kier molecular flexibility index (Phi) is 7.03. The van der Waals surface area contributed by atoms with E-state index >= 15 is 0 Å². The van der Waals surface area contributed by atoms with Gasteiger partial charge in [-0.2, -0.15) is 0 Å². The van der Waals surface area contributed by atoms with Gasteiger partial charge in [-0.15, -0.1) is 0 Å². The van der Waals surface area contributed by atoms with Crippen molar-refractivity contribution >= 4 is 17.6 Å². The lowest BCUT2D eigenvalue weighted by Crippen LogP contribution is -2.35. The molecular formula is C22H28N4O2. The van der Waals surface area contributed by atoms with Crippen LogP contribution in [0.1, 0.15) is 40.7 Å². The fourth-order valence-corrected chi connectivity index (χ4v) is 3.31. The van der Waals surface area contributed by atoms with E-state index in [0.717, 1.165) is 48.3 Å². The quantitative estimate of drug-likeness (QED) is 0.595. The number of nitrogens with two attached hydrogens (primary N) is 1. The van der Waals surface area contributed by atoms with Crippen molar-refractivity contribution in [3.05, 3.63) is 65.2 Å². The Hall–Kier alpha value is -2.86. The molecule has 0 atom stereocenters. The number of likely N-dealkylation sites (tertiary alicyclic amines) is 1. The van der Waals surface area contributed by atoms with Crippen molar-refractivity contribution in [1.29, 1.82) is 0 Å². The predicted octanol–water partition coefficient (Wildman–Crippen LogP) is 3.39. The van der Waals surface area contributed by atoms with E-state index in [1.54, 1.807) is 7.11 Å². The van der Waals surface area contributed by atoms with E-state index < -0.39 is 0 Å². The zero-order chi connectivity index (χ0) is 19.8. The maximum Gasteiger partial charge on any atom is 0.253 e. The van der Waals surface area contributed by atoms with Gasteiger partial charge in [-0.1, -0.05) is 30.3 Å². The highest BCUT2D eigenvalue weighted by Gasteiger charge is 2.17. The Balaban J connectivity index is 1.58. The summed E-state index contributed by atoms with van der Waals surface area (Å²) in [5, 5.41) is 3.13. The Morgan fingerprint density at radius 1 is 1.11 bits per heavy atom. The lowest BCUT2D eigenvalue weighted by molar-refractivity contribution is 0.0724. The van der Waals surface area contributed by atoms with Crippen LogP contribution in [-0.4, -0.2) is 37.0 Å². The van der Waals surface area contributed by atoms with Crippen LogP contribution in [0.4, 0.5) is 5.69 Å². The maximum absolute atomic E-state index is 12.5. The largest absolute Gasteiger partial charge is 0.380 e. The molecule has 0 bridgehead atoms. The number of guanidine groups is 1. The zero-order valence-electron chi connectivity index (χ0n) is 16.4. The third-order valence-corrected chi connectivity index (χ3v) is 4.86. The number of nitrogens with one attached hydrogen (secondary N) is 1. The van der Waals surface area contributed by atoms with Gasteiger partial charge in [-0.05, 0) is 43.0 Å². The molecular weight excluding hydrogens is 352 g/mol. The number of carbonyl (C=O) groups is 1. The molecule has 0 aliphatic carbocycles. The van der Waals surface area contributed by atoms with Crippen molar-refractivity contribution in [3.63, 3.8) is 0 Å². The first-order valence-electron chi connectivity index (χ1n) is 9.69. The number of hydrogen-bond donors (Lipinski definition) is 2. The number of carbonyl (C=O) groups excluding carboxylic acids is 1. The molecule has 0 radical (unpaired) electrons. The second-order valence-corrected chi connectivity index (χ2v) is 6.97. The molecule has 0 saturated carbocycles. The highest BCUT2D eigenvalue weighted by Crippen LogP contribution is 2.16. The number of benzene rings is 2. The molecule has 1 amide bonds. The van der Waals surface area contributed by atoms with Crippen molar-refractivity contribution in [1.82, 2.24) is 4.90 Å². The standard InChI is InChI=1S/C22H28N4O2/c1-28-16-19-7-3-4-8-20(19)25-22(23)24-15-17-9-11-18(12-10-17)21(27)26-13-5-2-6-14-26/h3-4,7-12H,2,5-6,13-16H2,1H3,(H3,23,24,25). The number of aliphatic imine (C=N–C) groups is 1. The van der Waals surface area contributed by atoms with E-state index in [2.05, 4.69) is 10.3 Å². The van der Waals surface area contributed by atoms with Crippen LogP contribution in [0.25, 0.3) is 0 Å². The Morgan fingerprint density at radius 2 is 1.82 bits per heavy atom. The highest BCUT2D eigenvalue weighted by molar-refractivity contribution is 5.94. The molecule has 1 saturated heterocycles. The number of rotatable bonds is 6. The molecule has 28 heavy (non-hydrogen) atoms. The van der Waals surface area contributed by atoms with Crippen molar-refractivity contribution in [3.8, 4) is 0 Å². The van der Waals surface area contributed by atoms with Gasteiger partial charge < -0.3 is 20.7 Å². The molecule has 0 unspecified atom stereocenters. The van der Waals surface area contributed by atoms with Gasteiger partial charge in [0.15, 0.2) is 5.96 Å². The molecule has 1 fully saturated rings. The van der Waals surface area contributed by atoms with Crippen LogP contribution in [0, 0.1) is 0 Å². The molecule has 2 aromatic carbocycles. The second-order valence-electron chi connectivity index (χ2n) is 6.97. The maximum atomic E-state index is 12.5. The van der Waals surface area contributed by atoms with E-state index in [0.29, 0.717) is 19.1 Å². The van der Waals surface area contributed by atoms with Crippen LogP contribution < -0.4 is 11.1 Å². The minimum Gasteiger partial charge on any atom is -0.380 e. The fourth-order valence-electron chi connectivity index (χ4n) is 3.31. The molecule has 6 heteroatoms. The molecule has 6 nitrogen and oxygen atoms in total. The van der Waals surface area contributed by atoms with E-state index in [1.165, 1.54) is 6.42 Å². The van der Waals surface area contributed by atoms with Crippen LogP contribution in [0.2, 0.25) is 0 Å². The lowest BCUT2D eigenvalue weighted by atomic mass is 10.1. The molecule has 1 aliphatic rings. The van der Waals surface area contributed by atoms with Crippen molar-refractivity contribution < 1.29 is 9.53 Å². The van der Waals surface area contributed by atoms with Gasteiger partial charge in [0, 0.05) is 37.0 Å². The SMILES string of the molecule is COCc1ccccc1NC(N)=NCc1ccc(C(=O)N2CCCCC2)cc1. The van der Waals surface area contributed by atoms with Gasteiger partial charge in [-0.3, -0.25) is 4.79 Å². The Labute approximate surface area is 166 Å². The average Bonchev–Trinajstić information content (AvgIpc) is 2.74. The highest BCUT2D eigenvalue weighted by atomic mass is 16.5. The summed E-state index contributed by atoms with van der Waals surface area (Å²) in [4.78, 5) is 18.9. The average molecular weight is 380 g/mol. The first-order chi connectivity index (χ1) is 13.7. The summed E-state index contributed by atoms with van der Waals surface area (Å²) in [5.74, 6) is 0.461. The summed E-state index contributed by atoms with van der Waals surface area (Å²) in [6.07, 6.45) is 3.41. The minimum absolute atomic E-state index is 0.116. The Bertz CT molecular complexity index is 812. The normalized spacial score (nSPS) is 14.8. The molecule has 0 spiro atoms. The van der Waals surface area contributed by atoms with Crippen LogP contribution in [0.3, 0.4) is 0 Å². The van der Waals surface area contributed by atoms with Crippen LogP contribution in [0.5, 0.6) is 0 Å². The third kappa shape index (κ3) is 5.33. The van der Waals surface area contributed by atoms with Crippen LogP contribution in [-0.2, 0) is 17.9 Å². The summed E-state index contributed by atoms with van der Waals surface area (Å²) in [7, 11) is 1.66. The summed E-state index contributed by atoms with van der Waals surface area (Å²) in [6.45, 7) is 2.67. The number of methoxy groups -OCH3 is 1. The van der Waals surface area contributed by atoms with Gasteiger partial charge >= 0.3 is 0 Å². The smallest absolute Gasteiger partial charge is 0.253 e. The Morgan fingerprint density at radius 3 is 2.54 bits per heavy atom. The molecule has 1 aliphatic heterocycles. The van der Waals surface area contributed by atoms with Gasteiger partial charge in [-0.25, -0.2) is 4.99 Å². The molecule has 3 N–H and O–H groups in total. The third-order valence-electron chi connectivity index (χ3n) is 4.86. The van der Waals surface area contributed by atoms with E-state index in [1.807, 2.05) is 53.4 Å². The van der Waals surface area contributed by atoms with Crippen molar-refractivity contribution in [2.75, 3.05) is 25.5 Å². The van der Waals surface area contributed by atoms with Crippen LogP contribution in [0.15, 0.2) is 53.5 Å². The number of para-hydroxylation sites is 1. The number of nitrogens with zero attached hydrogens (tertiary/aromatic N) is 2. The molecule has 148 valence electrons. The second kappa shape index (κ2) is 9.90. The fraction of sp³-hybridized carbons (Fsp3) is 0.364. The van der Waals surface area contributed by atoms with E-state index in [-0.39, 0.29) is 5.91 Å². The molecule has 1 heterocycles. The topological polar surface area (TPSA) is 80.0 Å². The number of amides is 1. The van der Waals surface area contributed by atoms with E-state index in [9.17, 15) is 4.79 Å². The van der Waals surface area contributed by atoms with Crippen molar-refractivity contribution in [2.45, 2.75) is 32.4 Å². The first kappa shape index (κ1) is 19.9. The van der Waals surface area contributed by atoms with Gasteiger partial charge in [0.25, 0.3) is 5.91 Å². The van der Waals surface area contributed by atoms with Gasteiger partial charge in [0.2, 0.25) is 0 Å². The van der Waals surface area contributed by atoms with Gasteiger partial charge in [0.05, 0.1) is 13.2 Å². The predicted molar refractivity (Wildman–Crippen MR) is 112 cm³/mol. The van der Waals surface area contributed by atoms with E-state index in [4.69, 9.17) is 10.5 Å². The number of hydrogen-bond acceptors (Lipinski definition) is 3. The van der Waals surface area contributed by atoms with Crippen molar-refractivity contribution in [2.24, 2.45) is 10.7 Å². The number of piperidine rings is 1. The molecule has 0 aromatic heterocycles. The minimum atomic E-state index is 0.116. The molecule has 3 rings (SSSR count). The number of ether oxygens (including phenoxy) is 1. The first-order valence-corrected chi connectivity index (χ1v) is 9.69. The molecule has 2 aromatic rings. The summed E-state index contributed by atoms with van der Waals surface area (Å²) in [6, 6.07) is 15.4. The van der Waals surface area contributed by atoms with Gasteiger partial charge in [0.1, 0.15) is 0 Å². The van der Waals surface area contributed by atoms with Crippen LogP contribution >= 0.6 is 0 Å². The summed E-state index contributed by atoms with van der Waals surface area (Å²) < 4.78 is 5.20. The zero-order valence-corrected chi connectivity index (χ0v) is 16.4. The summed E-state index contributed by atoms with van der Waals surface area (Å²) >= 11 is 0. The summed E-state index contributed by atoms with van der Waals surface area (Å²) in [5.41, 5.74) is 9.67. The number of anilines is 1.